The van der Waals surface area contributed by atoms with Crippen molar-refractivity contribution in [2.24, 2.45) is 5.92 Å². The maximum atomic E-state index is 12.8. The number of hydrogen-bond acceptors (Lipinski definition) is 4. The first-order chi connectivity index (χ1) is 15.9. The number of nitrogens with zero attached hydrogens (tertiary/aromatic N) is 1. The number of amides is 2. The lowest BCUT2D eigenvalue weighted by Gasteiger charge is -2.25. The summed E-state index contributed by atoms with van der Waals surface area (Å²) in [7, 11) is 0. The van der Waals surface area contributed by atoms with E-state index < -0.39 is 24.0 Å². The van der Waals surface area contributed by atoms with Crippen molar-refractivity contribution in [3.8, 4) is 11.1 Å². The molecule has 7 heteroatoms. The molecule has 0 spiro atoms. The van der Waals surface area contributed by atoms with Crippen LogP contribution in [-0.4, -0.2) is 52.7 Å². The number of aliphatic carboxylic acids is 1. The van der Waals surface area contributed by atoms with Crippen molar-refractivity contribution in [1.29, 1.82) is 0 Å². The van der Waals surface area contributed by atoms with E-state index in [2.05, 4.69) is 29.6 Å². The Balaban J connectivity index is 1.16. The maximum Gasteiger partial charge on any atom is 0.407 e. The number of fused-ring (bicyclic) bond motifs is 5. The van der Waals surface area contributed by atoms with E-state index in [0.29, 0.717) is 6.42 Å². The van der Waals surface area contributed by atoms with Gasteiger partial charge in [0.05, 0.1) is 5.92 Å². The van der Waals surface area contributed by atoms with Gasteiger partial charge < -0.3 is 20.1 Å². The smallest absolute Gasteiger partial charge is 0.407 e. The van der Waals surface area contributed by atoms with Crippen LogP contribution in [0.2, 0.25) is 0 Å². The zero-order chi connectivity index (χ0) is 23.1. The number of nitrogens with one attached hydrogen (secondary N) is 1. The van der Waals surface area contributed by atoms with Crippen LogP contribution < -0.4 is 5.32 Å². The van der Waals surface area contributed by atoms with E-state index in [0.717, 1.165) is 24.0 Å². The third kappa shape index (κ3) is 3.86. The molecule has 0 aromatic heterocycles. The average Bonchev–Trinajstić information content (AvgIpc) is 3.47. The number of carbonyl (C=O) groups excluding carboxylic acids is 2. The Morgan fingerprint density at radius 1 is 1.06 bits per heavy atom. The molecule has 4 atom stereocenters. The van der Waals surface area contributed by atoms with Gasteiger partial charge in [0.2, 0.25) is 5.91 Å². The SMILES string of the molecule is CC(CC(=O)N1C2CCC1C(C(=O)O)C2)NC(=O)OCC1c2ccccc2-c2ccccc21. The topological polar surface area (TPSA) is 95.9 Å². The summed E-state index contributed by atoms with van der Waals surface area (Å²) in [4.78, 5) is 38.5. The standard InChI is InChI=1S/C26H28N2O5/c1-15(12-24(29)28-16-10-11-23(28)21(13-16)25(30)31)27-26(32)33-14-22-19-8-4-2-6-17(19)18-7-3-5-9-20(18)22/h2-9,15-16,21-23H,10-14H2,1H3,(H,27,32)(H,30,31). The largest absolute Gasteiger partial charge is 0.481 e. The molecule has 2 bridgehead atoms. The van der Waals surface area contributed by atoms with E-state index >= 15 is 0 Å². The van der Waals surface area contributed by atoms with Gasteiger partial charge in [0.25, 0.3) is 0 Å². The number of rotatable bonds is 6. The molecule has 172 valence electrons. The Morgan fingerprint density at radius 3 is 2.30 bits per heavy atom. The lowest BCUT2D eigenvalue weighted by molar-refractivity contribution is -0.143. The monoisotopic (exact) mass is 448 g/mol. The summed E-state index contributed by atoms with van der Waals surface area (Å²) in [5.41, 5.74) is 4.63. The third-order valence-corrected chi connectivity index (χ3v) is 7.33. The lowest BCUT2D eigenvalue weighted by atomic mass is 9.89. The molecule has 2 saturated heterocycles. The van der Waals surface area contributed by atoms with E-state index in [1.165, 1.54) is 11.1 Å². The summed E-state index contributed by atoms with van der Waals surface area (Å²) in [6, 6.07) is 15.7. The van der Waals surface area contributed by atoms with Crippen molar-refractivity contribution < 1.29 is 24.2 Å². The van der Waals surface area contributed by atoms with Gasteiger partial charge in [-0.25, -0.2) is 4.79 Å². The number of alkyl carbamates (subject to hydrolysis) is 1. The van der Waals surface area contributed by atoms with Crippen LogP contribution in [0, 0.1) is 5.92 Å². The minimum absolute atomic E-state index is 0.00487. The van der Waals surface area contributed by atoms with Crippen LogP contribution in [0.1, 0.15) is 49.7 Å². The van der Waals surface area contributed by atoms with Crippen molar-refractivity contribution in [3.05, 3.63) is 59.7 Å². The van der Waals surface area contributed by atoms with Crippen molar-refractivity contribution in [1.82, 2.24) is 10.2 Å². The first-order valence-corrected chi connectivity index (χ1v) is 11.6. The highest BCUT2D eigenvalue weighted by Gasteiger charge is 2.51. The second-order valence-electron chi connectivity index (χ2n) is 9.36. The van der Waals surface area contributed by atoms with Crippen LogP contribution in [0.25, 0.3) is 11.1 Å². The Labute approximate surface area is 192 Å². The predicted octanol–water partition coefficient (Wildman–Crippen LogP) is 3.77. The van der Waals surface area contributed by atoms with Crippen molar-refractivity contribution in [2.45, 2.75) is 56.7 Å². The van der Waals surface area contributed by atoms with Crippen molar-refractivity contribution in [2.75, 3.05) is 6.61 Å². The van der Waals surface area contributed by atoms with Gasteiger partial charge in [0, 0.05) is 30.5 Å². The van der Waals surface area contributed by atoms with E-state index in [4.69, 9.17) is 4.74 Å². The van der Waals surface area contributed by atoms with E-state index in [9.17, 15) is 19.5 Å². The molecule has 5 rings (SSSR count). The molecule has 2 fully saturated rings. The van der Waals surface area contributed by atoms with Crippen LogP contribution in [0.15, 0.2) is 48.5 Å². The van der Waals surface area contributed by atoms with Gasteiger partial charge in [-0.15, -0.1) is 0 Å². The lowest BCUT2D eigenvalue weighted by Crippen LogP contribution is -2.42. The van der Waals surface area contributed by atoms with Crippen LogP contribution in [0.3, 0.4) is 0 Å². The fraction of sp³-hybridized carbons (Fsp3) is 0.423. The molecule has 4 unspecified atom stereocenters. The zero-order valence-corrected chi connectivity index (χ0v) is 18.6. The molecule has 2 aromatic carbocycles. The maximum absolute atomic E-state index is 12.8. The summed E-state index contributed by atoms with van der Waals surface area (Å²) in [5, 5.41) is 12.2. The molecular formula is C26H28N2O5. The number of hydrogen-bond donors (Lipinski definition) is 2. The molecule has 2 aliphatic heterocycles. The van der Waals surface area contributed by atoms with Gasteiger partial charge in [-0.3, -0.25) is 9.59 Å². The minimum Gasteiger partial charge on any atom is -0.481 e. The van der Waals surface area contributed by atoms with Gasteiger partial charge >= 0.3 is 12.1 Å². The summed E-state index contributed by atoms with van der Waals surface area (Å²) in [6.45, 7) is 1.99. The highest BCUT2D eigenvalue weighted by atomic mass is 16.5. The number of benzene rings is 2. The van der Waals surface area contributed by atoms with Crippen LogP contribution in [0.4, 0.5) is 4.79 Å². The number of carbonyl (C=O) groups is 3. The Kier molecular flexibility index (Phi) is 5.56. The first-order valence-electron chi connectivity index (χ1n) is 11.6. The van der Waals surface area contributed by atoms with Gasteiger partial charge in [0.1, 0.15) is 6.61 Å². The van der Waals surface area contributed by atoms with Crippen LogP contribution in [-0.2, 0) is 14.3 Å². The number of carboxylic acid groups (broad SMARTS) is 1. The number of ether oxygens (including phenoxy) is 1. The summed E-state index contributed by atoms with van der Waals surface area (Å²) >= 11 is 0. The van der Waals surface area contributed by atoms with Gasteiger partial charge in [-0.05, 0) is 48.4 Å². The minimum atomic E-state index is -0.829. The average molecular weight is 449 g/mol. The Hall–Kier alpha value is -3.35. The Bertz CT molecular complexity index is 1050. The summed E-state index contributed by atoms with van der Waals surface area (Å²) in [5.74, 6) is -1.42. The third-order valence-electron chi connectivity index (χ3n) is 7.33. The highest BCUT2D eigenvalue weighted by Crippen LogP contribution is 2.44. The molecule has 1 aliphatic carbocycles. The van der Waals surface area contributed by atoms with Gasteiger partial charge in [-0.2, -0.15) is 0 Å². The molecule has 3 aliphatic rings. The first kappa shape index (κ1) is 21.5. The molecule has 2 amide bonds. The van der Waals surface area contributed by atoms with E-state index in [1.54, 1.807) is 11.8 Å². The predicted molar refractivity (Wildman–Crippen MR) is 122 cm³/mol. The van der Waals surface area contributed by atoms with Gasteiger partial charge in [0.15, 0.2) is 0 Å². The molecule has 2 N–H and O–H groups in total. The van der Waals surface area contributed by atoms with Crippen molar-refractivity contribution in [3.63, 3.8) is 0 Å². The zero-order valence-electron chi connectivity index (χ0n) is 18.6. The summed E-state index contributed by atoms with van der Waals surface area (Å²) in [6.07, 6.45) is 1.70. The Morgan fingerprint density at radius 2 is 1.70 bits per heavy atom. The molecule has 33 heavy (non-hydrogen) atoms. The van der Waals surface area contributed by atoms with Crippen molar-refractivity contribution >= 4 is 18.0 Å². The summed E-state index contributed by atoms with van der Waals surface area (Å²) < 4.78 is 5.57. The van der Waals surface area contributed by atoms with Crippen LogP contribution in [0.5, 0.6) is 0 Å². The molecule has 2 heterocycles. The normalized spacial score (nSPS) is 23.7. The quantitative estimate of drug-likeness (QED) is 0.701. The van der Waals surface area contributed by atoms with Gasteiger partial charge in [-0.1, -0.05) is 48.5 Å². The van der Waals surface area contributed by atoms with Crippen LogP contribution >= 0.6 is 0 Å². The fourth-order valence-electron chi connectivity index (χ4n) is 5.90. The molecule has 7 nitrogen and oxygen atoms in total. The second-order valence-corrected chi connectivity index (χ2v) is 9.36. The van der Waals surface area contributed by atoms with E-state index in [1.807, 2.05) is 24.3 Å². The molecular weight excluding hydrogens is 420 g/mol. The van der Waals surface area contributed by atoms with E-state index in [-0.39, 0.29) is 36.9 Å². The fourth-order valence-corrected chi connectivity index (χ4v) is 5.90. The molecule has 0 radical (unpaired) electrons. The number of carboxylic acids is 1. The highest BCUT2D eigenvalue weighted by molar-refractivity contribution is 5.82. The second kappa shape index (κ2) is 8.54. The molecule has 2 aromatic rings. The molecule has 0 saturated carbocycles.